The number of rotatable bonds is 0. The summed E-state index contributed by atoms with van der Waals surface area (Å²) in [6, 6.07) is 16.8. The minimum absolute atomic E-state index is 1.21. The van der Waals surface area contributed by atoms with Crippen LogP contribution in [0.3, 0.4) is 0 Å². The maximum Gasteiger partial charge on any atom is 0.119 e. The molecule has 0 radical (unpaired) electrons. The van der Waals surface area contributed by atoms with Crippen molar-refractivity contribution in [3.63, 3.8) is 0 Å². The molecule has 1 aromatic heterocycles. The lowest BCUT2D eigenvalue weighted by Gasteiger charge is -1.97. The number of fused-ring (bicyclic) bond motifs is 3. The first-order valence-electron chi connectivity index (χ1n) is 6.13. The maximum atomic E-state index is 4.55. The van der Waals surface area contributed by atoms with Gasteiger partial charge in [0.2, 0.25) is 0 Å². The van der Waals surface area contributed by atoms with Crippen LogP contribution in [0.2, 0.25) is 0 Å². The van der Waals surface area contributed by atoms with E-state index in [9.17, 15) is 0 Å². The predicted octanol–water partition coefficient (Wildman–Crippen LogP) is 3.87. The number of allylic oxidation sites excluding steroid dienone is 2. The Bertz CT molecular complexity index is 678. The first-order valence-corrected chi connectivity index (χ1v) is 6.13. The molecular formula is C16H14N2O. The second-order valence-corrected chi connectivity index (χ2v) is 4.14. The van der Waals surface area contributed by atoms with Crippen molar-refractivity contribution >= 4 is 21.8 Å². The highest BCUT2D eigenvalue weighted by molar-refractivity contribution is 6.06. The van der Waals surface area contributed by atoms with Crippen LogP contribution in [0.4, 0.5) is 0 Å². The van der Waals surface area contributed by atoms with Gasteiger partial charge in [0.15, 0.2) is 0 Å². The van der Waals surface area contributed by atoms with E-state index in [1.165, 1.54) is 21.8 Å². The second-order valence-electron chi connectivity index (χ2n) is 4.14. The summed E-state index contributed by atoms with van der Waals surface area (Å²) in [5, 5.41) is 2.61. The number of benzene rings is 2. The molecule has 0 unspecified atom stereocenters. The van der Waals surface area contributed by atoms with Crippen LogP contribution >= 0.6 is 0 Å². The highest BCUT2D eigenvalue weighted by Gasteiger charge is 2.00. The molecule has 1 aliphatic rings. The van der Waals surface area contributed by atoms with Crippen molar-refractivity contribution in [2.24, 2.45) is 0 Å². The van der Waals surface area contributed by atoms with Crippen molar-refractivity contribution in [3.8, 4) is 0 Å². The van der Waals surface area contributed by atoms with E-state index in [1.54, 1.807) is 18.5 Å². The quantitative estimate of drug-likeness (QED) is 0.635. The SMILES string of the molecule is C1=CNOC=C1.c1ccc2c(c1)[nH]c1ccccc12. The minimum Gasteiger partial charge on any atom is -0.391 e. The van der Waals surface area contributed by atoms with Crippen LogP contribution in [0.15, 0.2) is 73.1 Å². The van der Waals surface area contributed by atoms with Gasteiger partial charge in [-0.3, -0.25) is 0 Å². The van der Waals surface area contributed by atoms with E-state index < -0.39 is 0 Å². The average molecular weight is 250 g/mol. The molecule has 3 heteroatoms. The normalized spacial score (nSPS) is 12.6. The molecule has 2 aromatic carbocycles. The number of para-hydroxylation sites is 2. The Hall–Kier alpha value is -2.68. The molecule has 0 saturated carbocycles. The summed E-state index contributed by atoms with van der Waals surface area (Å²) < 4.78 is 0. The monoisotopic (exact) mass is 250 g/mol. The van der Waals surface area contributed by atoms with Gasteiger partial charge in [0, 0.05) is 28.0 Å². The van der Waals surface area contributed by atoms with E-state index in [0.29, 0.717) is 0 Å². The van der Waals surface area contributed by atoms with Gasteiger partial charge in [-0.25, -0.2) is 5.48 Å². The van der Waals surface area contributed by atoms with Crippen LogP contribution in [-0.2, 0) is 4.84 Å². The zero-order valence-electron chi connectivity index (χ0n) is 10.3. The summed E-state index contributed by atoms with van der Waals surface area (Å²) in [4.78, 5) is 7.93. The highest BCUT2D eigenvalue weighted by Crippen LogP contribution is 2.24. The summed E-state index contributed by atoms with van der Waals surface area (Å²) in [5.41, 5.74) is 4.94. The molecule has 0 saturated heterocycles. The Morgan fingerprint density at radius 3 is 1.79 bits per heavy atom. The number of aromatic amines is 1. The number of nitrogens with one attached hydrogen (secondary N) is 2. The summed E-state index contributed by atoms with van der Waals surface area (Å²) in [7, 11) is 0. The first-order chi connectivity index (χ1) is 9.45. The molecule has 0 spiro atoms. The molecule has 4 rings (SSSR count). The van der Waals surface area contributed by atoms with E-state index in [0.717, 1.165) is 0 Å². The van der Waals surface area contributed by atoms with Crippen LogP contribution in [0.5, 0.6) is 0 Å². The van der Waals surface area contributed by atoms with Crippen molar-refractivity contribution in [2.45, 2.75) is 0 Å². The van der Waals surface area contributed by atoms with Crippen LogP contribution in [-0.4, -0.2) is 4.98 Å². The number of H-pyrrole nitrogens is 1. The Kier molecular flexibility index (Phi) is 3.19. The fourth-order valence-corrected chi connectivity index (χ4v) is 2.06. The number of hydroxylamine groups is 1. The van der Waals surface area contributed by atoms with E-state index in [-0.39, 0.29) is 0 Å². The zero-order valence-corrected chi connectivity index (χ0v) is 10.3. The summed E-state index contributed by atoms with van der Waals surface area (Å²) in [5.74, 6) is 0. The molecule has 3 nitrogen and oxygen atoms in total. The molecule has 0 atom stereocenters. The zero-order chi connectivity index (χ0) is 12.9. The lowest BCUT2D eigenvalue weighted by atomic mass is 10.2. The Balaban J connectivity index is 0.000000155. The van der Waals surface area contributed by atoms with E-state index in [2.05, 4.69) is 63.8 Å². The number of aromatic nitrogens is 1. The van der Waals surface area contributed by atoms with Gasteiger partial charge in [0.25, 0.3) is 0 Å². The topological polar surface area (TPSA) is 37.0 Å². The van der Waals surface area contributed by atoms with Gasteiger partial charge in [-0.05, 0) is 24.3 Å². The second kappa shape index (κ2) is 5.31. The van der Waals surface area contributed by atoms with Crippen LogP contribution in [0.1, 0.15) is 0 Å². The van der Waals surface area contributed by atoms with E-state index in [1.807, 2.05) is 6.08 Å². The van der Waals surface area contributed by atoms with Crippen LogP contribution < -0.4 is 5.48 Å². The number of hydrogen-bond acceptors (Lipinski definition) is 2. The van der Waals surface area contributed by atoms with Gasteiger partial charge in [-0.2, -0.15) is 0 Å². The van der Waals surface area contributed by atoms with Gasteiger partial charge >= 0.3 is 0 Å². The average Bonchev–Trinajstić information content (AvgIpc) is 2.88. The molecule has 3 aromatic rings. The molecule has 2 N–H and O–H groups in total. The molecule has 94 valence electrons. The van der Waals surface area contributed by atoms with Gasteiger partial charge in [0.05, 0.1) is 0 Å². The third kappa shape index (κ3) is 2.45. The van der Waals surface area contributed by atoms with Gasteiger partial charge in [0.1, 0.15) is 6.26 Å². The Labute approximate surface area is 111 Å². The van der Waals surface area contributed by atoms with Crippen LogP contribution in [0, 0.1) is 0 Å². The van der Waals surface area contributed by atoms with Crippen molar-refractivity contribution in [3.05, 3.63) is 73.1 Å². The van der Waals surface area contributed by atoms with E-state index in [4.69, 9.17) is 0 Å². The van der Waals surface area contributed by atoms with E-state index >= 15 is 0 Å². The van der Waals surface area contributed by atoms with Crippen molar-refractivity contribution < 1.29 is 4.84 Å². The van der Waals surface area contributed by atoms with Crippen molar-refractivity contribution in [2.75, 3.05) is 0 Å². The van der Waals surface area contributed by atoms with Gasteiger partial charge < -0.3 is 9.82 Å². The third-order valence-electron chi connectivity index (χ3n) is 2.90. The largest absolute Gasteiger partial charge is 0.391 e. The molecule has 2 heterocycles. The number of hydrogen-bond donors (Lipinski definition) is 2. The molecule has 0 amide bonds. The third-order valence-corrected chi connectivity index (χ3v) is 2.90. The fourth-order valence-electron chi connectivity index (χ4n) is 2.06. The fraction of sp³-hybridized carbons (Fsp3) is 0. The lowest BCUT2D eigenvalue weighted by Crippen LogP contribution is -2.01. The van der Waals surface area contributed by atoms with Crippen LogP contribution in [0.25, 0.3) is 21.8 Å². The lowest BCUT2D eigenvalue weighted by molar-refractivity contribution is 0.172. The minimum atomic E-state index is 1.21. The summed E-state index contributed by atoms with van der Waals surface area (Å²) in [6.07, 6.45) is 6.93. The van der Waals surface area contributed by atoms with Crippen molar-refractivity contribution in [1.29, 1.82) is 0 Å². The molecule has 0 bridgehead atoms. The Morgan fingerprint density at radius 1 is 0.737 bits per heavy atom. The maximum absolute atomic E-state index is 4.55. The smallest absolute Gasteiger partial charge is 0.119 e. The molecule has 19 heavy (non-hydrogen) atoms. The summed E-state index contributed by atoms with van der Waals surface area (Å²) >= 11 is 0. The van der Waals surface area contributed by atoms with Crippen molar-refractivity contribution in [1.82, 2.24) is 10.5 Å². The molecular weight excluding hydrogens is 236 g/mol. The molecule has 1 aliphatic heterocycles. The van der Waals surface area contributed by atoms with Gasteiger partial charge in [-0.15, -0.1) is 0 Å². The highest BCUT2D eigenvalue weighted by atomic mass is 16.6. The predicted molar refractivity (Wildman–Crippen MR) is 78.3 cm³/mol. The summed E-state index contributed by atoms with van der Waals surface area (Å²) in [6.45, 7) is 0. The van der Waals surface area contributed by atoms with Gasteiger partial charge in [-0.1, -0.05) is 36.4 Å². The molecule has 0 aliphatic carbocycles. The Morgan fingerprint density at radius 2 is 1.37 bits per heavy atom. The standard InChI is InChI=1S/C12H9N.C4H5NO/c1-3-7-11-9(5-1)10-6-2-4-8-12(10)13-11;1-2-4-6-5-3-1/h1-8,13H;1-5H. The molecule has 0 fully saturated rings. The first kappa shape index (κ1) is 11.4.